The van der Waals surface area contributed by atoms with Crippen LogP contribution in [0.15, 0.2) is 36.0 Å². The summed E-state index contributed by atoms with van der Waals surface area (Å²) in [6.07, 6.45) is 8.41. The van der Waals surface area contributed by atoms with E-state index in [-0.39, 0.29) is 55.3 Å². The van der Waals surface area contributed by atoms with Gasteiger partial charge in [0.05, 0.1) is 36.4 Å². The smallest absolute Gasteiger partial charge is 0.309 e. The van der Waals surface area contributed by atoms with Crippen LogP contribution in [0, 0.1) is 17.8 Å². The van der Waals surface area contributed by atoms with Crippen molar-refractivity contribution in [3.8, 4) is 0 Å². The van der Waals surface area contributed by atoms with E-state index >= 15 is 0 Å². The first-order valence-corrected chi connectivity index (χ1v) is 13.0. The molecule has 0 radical (unpaired) electrons. The summed E-state index contributed by atoms with van der Waals surface area (Å²) in [5, 5.41) is 41.1. The number of carbonyl (C=O) groups excluding carboxylic acids is 1. The number of rotatable bonds is 8. The van der Waals surface area contributed by atoms with Gasteiger partial charge in [-0.05, 0) is 51.0 Å². The number of epoxide rings is 1. The molecule has 0 amide bonds. The summed E-state index contributed by atoms with van der Waals surface area (Å²) in [6.45, 7) is 11.4. The molecule has 1 fully saturated rings. The van der Waals surface area contributed by atoms with Crippen LogP contribution in [0.3, 0.4) is 0 Å². The quantitative estimate of drug-likeness (QED) is 0.177. The number of carbonyl (C=O) groups is 1. The van der Waals surface area contributed by atoms with Gasteiger partial charge in [0.1, 0.15) is 12.2 Å². The normalized spacial score (nSPS) is 38.7. The molecule has 2 rings (SSSR count). The molecule has 35 heavy (non-hydrogen) atoms. The number of aliphatic hydroxyl groups is 4. The first-order chi connectivity index (χ1) is 16.4. The predicted molar refractivity (Wildman–Crippen MR) is 135 cm³/mol. The number of aliphatic hydroxyl groups excluding tert-OH is 3. The first-order valence-electron chi connectivity index (χ1n) is 13.0. The molecule has 0 aromatic rings. The number of ether oxygens (including phenoxy) is 2. The fraction of sp³-hybridized carbons (Fsp3) is 0.750. The molecule has 4 N–H and O–H groups in total. The molecule has 2 heterocycles. The first kappa shape index (κ1) is 29.7. The second-order valence-corrected chi connectivity index (χ2v) is 10.8. The molecule has 10 atom stereocenters. The van der Waals surface area contributed by atoms with Gasteiger partial charge in [-0.1, -0.05) is 58.1 Å². The Labute approximate surface area is 210 Å². The fourth-order valence-electron chi connectivity index (χ4n) is 4.63. The van der Waals surface area contributed by atoms with Crippen molar-refractivity contribution in [2.75, 3.05) is 0 Å². The van der Waals surface area contributed by atoms with Gasteiger partial charge in [0.2, 0.25) is 0 Å². The van der Waals surface area contributed by atoms with Gasteiger partial charge in [0.15, 0.2) is 0 Å². The van der Waals surface area contributed by atoms with E-state index in [0.717, 1.165) is 18.4 Å². The molecule has 2 aliphatic rings. The summed E-state index contributed by atoms with van der Waals surface area (Å²) < 4.78 is 11.5. The monoisotopic (exact) mass is 494 g/mol. The Morgan fingerprint density at radius 3 is 2.63 bits per heavy atom. The van der Waals surface area contributed by atoms with Crippen molar-refractivity contribution in [2.45, 2.75) is 116 Å². The average Bonchev–Trinajstić information content (AvgIpc) is 3.56. The van der Waals surface area contributed by atoms with Gasteiger partial charge in [-0.3, -0.25) is 4.79 Å². The highest BCUT2D eigenvalue weighted by Gasteiger charge is 2.44. The molecular weight excluding hydrogens is 448 g/mol. The molecular formula is C28H46O7. The molecule has 0 aromatic carbocycles. The van der Waals surface area contributed by atoms with Crippen molar-refractivity contribution >= 4 is 5.97 Å². The lowest BCUT2D eigenvalue weighted by atomic mass is 9.89. The molecule has 0 bridgehead atoms. The van der Waals surface area contributed by atoms with Crippen LogP contribution in [0.25, 0.3) is 0 Å². The fourth-order valence-corrected chi connectivity index (χ4v) is 4.63. The molecule has 0 aliphatic carbocycles. The number of esters is 1. The number of hydrogen-bond donors (Lipinski definition) is 4. The van der Waals surface area contributed by atoms with Gasteiger partial charge < -0.3 is 29.9 Å². The van der Waals surface area contributed by atoms with E-state index in [1.807, 2.05) is 39.8 Å². The van der Waals surface area contributed by atoms with Gasteiger partial charge in [-0.2, -0.15) is 0 Å². The zero-order chi connectivity index (χ0) is 26.3. The molecule has 200 valence electrons. The second kappa shape index (κ2) is 13.2. The Kier molecular flexibility index (Phi) is 11.2. The molecule has 0 spiro atoms. The van der Waals surface area contributed by atoms with Crippen LogP contribution < -0.4 is 0 Å². The Hall–Kier alpha value is -1.51. The summed E-state index contributed by atoms with van der Waals surface area (Å²) in [7, 11) is 0. The molecule has 0 saturated carbocycles. The van der Waals surface area contributed by atoms with E-state index in [0.29, 0.717) is 0 Å². The van der Waals surface area contributed by atoms with Crippen LogP contribution in [0.5, 0.6) is 0 Å². The van der Waals surface area contributed by atoms with Crippen molar-refractivity contribution in [1.29, 1.82) is 0 Å². The average molecular weight is 495 g/mol. The van der Waals surface area contributed by atoms with Crippen LogP contribution in [0.4, 0.5) is 0 Å². The summed E-state index contributed by atoms with van der Waals surface area (Å²) in [6, 6.07) is 0. The van der Waals surface area contributed by atoms with Crippen LogP contribution in [-0.4, -0.2) is 68.6 Å². The highest BCUT2D eigenvalue weighted by molar-refractivity contribution is 5.70. The Balaban J connectivity index is 2.04. The molecule has 2 aliphatic heterocycles. The zero-order valence-corrected chi connectivity index (χ0v) is 22.1. The maximum atomic E-state index is 12.5. The largest absolute Gasteiger partial charge is 0.457 e. The van der Waals surface area contributed by atoms with Crippen molar-refractivity contribution < 1.29 is 34.7 Å². The third kappa shape index (κ3) is 9.14. The van der Waals surface area contributed by atoms with Gasteiger partial charge in [-0.25, -0.2) is 0 Å². The molecule has 7 nitrogen and oxygen atoms in total. The molecule has 0 aromatic heterocycles. The maximum Gasteiger partial charge on any atom is 0.309 e. The third-order valence-electron chi connectivity index (χ3n) is 7.37. The van der Waals surface area contributed by atoms with Crippen LogP contribution in [0.2, 0.25) is 0 Å². The lowest BCUT2D eigenvalue weighted by Crippen LogP contribution is -2.39. The van der Waals surface area contributed by atoms with E-state index in [1.54, 1.807) is 6.08 Å². The van der Waals surface area contributed by atoms with E-state index in [9.17, 15) is 25.2 Å². The second-order valence-electron chi connectivity index (χ2n) is 10.8. The van der Waals surface area contributed by atoms with Crippen molar-refractivity contribution in [3.63, 3.8) is 0 Å². The lowest BCUT2D eigenvalue weighted by Gasteiger charge is -2.30. The van der Waals surface area contributed by atoms with Crippen LogP contribution >= 0.6 is 0 Å². The van der Waals surface area contributed by atoms with Gasteiger partial charge in [0.25, 0.3) is 0 Å². The summed E-state index contributed by atoms with van der Waals surface area (Å²) >= 11 is 0. The number of cyclic esters (lactones) is 1. The van der Waals surface area contributed by atoms with Gasteiger partial charge >= 0.3 is 5.97 Å². The zero-order valence-electron chi connectivity index (χ0n) is 22.1. The van der Waals surface area contributed by atoms with Crippen LogP contribution in [-0.2, 0) is 14.3 Å². The Morgan fingerprint density at radius 2 is 1.97 bits per heavy atom. The summed E-state index contributed by atoms with van der Waals surface area (Å²) in [5.41, 5.74) is -0.553. The van der Waals surface area contributed by atoms with Crippen molar-refractivity contribution in [3.05, 3.63) is 36.0 Å². The molecule has 0 unspecified atom stereocenters. The third-order valence-corrected chi connectivity index (χ3v) is 7.37. The van der Waals surface area contributed by atoms with Gasteiger partial charge in [0, 0.05) is 11.8 Å². The highest BCUT2D eigenvalue weighted by Crippen LogP contribution is 2.36. The lowest BCUT2D eigenvalue weighted by molar-refractivity contribution is -0.151. The number of hydrogen-bond acceptors (Lipinski definition) is 7. The van der Waals surface area contributed by atoms with Gasteiger partial charge in [-0.15, -0.1) is 0 Å². The Morgan fingerprint density at radius 1 is 1.29 bits per heavy atom. The van der Waals surface area contributed by atoms with E-state index < -0.39 is 29.9 Å². The van der Waals surface area contributed by atoms with Crippen LogP contribution in [0.1, 0.15) is 73.6 Å². The molecule has 7 heteroatoms. The maximum absolute atomic E-state index is 12.5. The predicted octanol–water partition coefficient (Wildman–Crippen LogP) is 3.45. The number of allylic oxidation sites excluding steroid dienone is 3. The minimum atomic E-state index is -1.39. The summed E-state index contributed by atoms with van der Waals surface area (Å²) in [5.74, 6) is -0.317. The Bertz CT molecular complexity index is 771. The minimum Gasteiger partial charge on any atom is -0.457 e. The van der Waals surface area contributed by atoms with E-state index in [4.69, 9.17) is 9.47 Å². The topological polar surface area (TPSA) is 120 Å². The van der Waals surface area contributed by atoms with E-state index in [1.165, 1.54) is 13.0 Å². The standard InChI is InChI=1S/C28H46O7/c1-7-22(30)20(5)27-23(34-27)15-17(2)9-8-10-18(3)26-19(4)11-12-24(31)28(6,33)14-13-21(29)16-25(32)35-26/h8-12,17,19-24,26-27,29-31,33H,7,13-16H2,1-6H3/b9-8+,12-11+,18-10+/t17-,19-,20+,21+,22-,23+,24-,26-,27-,28+/m0/s1. The minimum absolute atomic E-state index is 0.118. The van der Waals surface area contributed by atoms with E-state index in [2.05, 4.69) is 13.0 Å². The summed E-state index contributed by atoms with van der Waals surface area (Å²) in [4.78, 5) is 12.5. The SMILES string of the molecule is CC[C@H](O)[C@@H](C)[C@@H]1O[C@@H]1C[C@@H](C)/C=C/C=C(\C)[C@@H]1OC(=O)C[C@H](O)CC[C@@](C)(O)[C@@H](O)/C=C/[C@@H]1C. The van der Waals surface area contributed by atoms with Crippen molar-refractivity contribution in [2.24, 2.45) is 17.8 Å². The van der Waals surface area contributed by atoms with Crippen molar-refractivity contribution in [1.82, 2.24) is 0 Å². The molecule has 1 saturated heterocycles. The highest BCUT2D eigenvalue weighted by atomic mass is 16.6.